The van der Waals surface area contributed by atoms with E-state index in [2.05, 4.69) is 18.1 Å². The van der Waals surface area contributed by atoms with Crippen molar-refractivity contribution in [2.75, 3.05) is 6.61 Å². The maximum atomic E-state index is 11.8. The van der Waals surface area contributed by atoms with E-state index < -0.39 is 60.6 Å². The lowest BCUT2D eigenvalue weighted by Crippen LogP contribution is -2.33. The Balaban J connectivity index is 1.92. The molecule has 0 bridgehead atoms. The maximum Gasteiger partial charge on any atom is 0.758 e. The van der Waals surface area contributed by atoms with Crippen molar-refractivity contribution in [1.82, 2.24) is 9.55 Å². The molecule has 4 N–H and O–H groups in total. The van der Waals surface area contributed by atoms with Gasteiger partial charge in [-0.05, 0) is 11.2 Å². The summed E-state index contributed by atoms with van der Waals surface area (Å²) in [5.41, 5.74) is -1.06. The average Bonchev–Trinajstić information content (AvgIpc) is 2.87. The predicted octanol–water partition coefficient (Wildman–Crippen LogP) is -0.0493. The van der Waals surface area contributed by atoms with Crippen molar-refractivity contribution in [2.45, 2.75) is 31.8 Å². The molecule has 1 saturated heterocycles. The van der Waals surface area contributed by atoms with Crippen molar-refractivity contribution in [1.29, 1.82) is 0 Å². The number of aliphatic hydroxyl groups excluding tert-OH is 1. The van der Waals surface area contributed by atoms with Crippen LogP contribution in [0.1, 0.15) is 18.2 Å². The van der Waals surface area contributed by atoms with Gasteiger partial charge in [0.25, 0.3) is 5.56 Å². The molecule has 0 radical (unpaired) electrons. The standard InChI is InChI=1S/C10H13N2O12P3/c1-5-3-12(10(15)11-9(5)14)8-2-6(13)7(22-8)4-21-25(16)23-26(17)24-27(18,19)20/h3,6-8,13H,2,4H2,1H3,(H-2,11,14,15,18,19,20)/p+2/t6?,7-,8-/m1/s1. The molecule has 150 valence electrons. The van der Waals surface area contributed by atoms with Crippen molar-refractivity contribution < 1.29 is 46.5 Å². The molecule has 0 aromatic carbocycles. The second-order valence-electron chi connectivity index (χ2n) is 5.31. The Hall–Kier alpha value is -1.17. The number of aryl methyl sites for hydroxylation is 1. The van der Waals surface area contributed by atoms with Gasteiger partial charge in [0.1, 0.15) is 18.9 Å². The number of rotatable bonds is 8. The summed E-state index contributed by atoms with van der Waals surface area (Å²) in [6.07, 6.45) is -1.87. The van der Waals surface area contributed by atoms with Crippen LogP contribution in [-0.2, 0) is 31.6 Å². The van der Waals surface area contributed by atoms with Crippen LogP contribution in [0.25, 0.3) is 0 Å². The Kier molecular flexibility index (Phi) is 7.28. The monoisotopic (exact) mass is 448 g/mol. The van der Waals surface area contributed by atoms with E-state index in [1.54, 1.807) is 0 Å². The molecule has 17 heteroatoms. The number of aromatic nitrogens is 2. The first kappa shape index (κ1) is 22.1. The molecule has 5 atom stereocenters. The smallest absolute Gasteiger partial charge is 0.390 e. The number of nitrogens with one attached hydrogen (secondary N) is 1. The van der Waals surface area contributed by atoms with Gasteiger partial charge in [-0.15, -0.1) is 4.52 Å². The minimum Gasteiger partial charge on any atom is -0.390 e. The molecule has 2 heterocycles. The van der Waals surface area contributed by atoms with Gasteiger partial charge in [0.15, 0.2) is 4.31 Å². The minimum atomic E-state index is -5.10. The van der Waals surface area contributed by atoms with Crippen molar-refractivity contribution in [3.63, 3.8) is 0 Å². The van der Waals surface area contributed by atoms with Crippen LogP contribution in [0.2, 0.25) is 0 Å². The fourth-order valence-electron chi connectivity index (χ4n) is 2.15. The third kappa shape index (κ3) is 6.44. The molecule has 0 amide bonds. The Morgan fingerprint density at radius 3 is 2.67 bits per heavy atom. The first-order valence-electron chi connectivity index (χ1n) is 7.12. The lowest BCUT2D eigenvalue weighted by molar-refractivity contribution is -0.0411. The van der Waals surface area contributed by atoms with Gasteiger partial charge in [-0.2, -0.15) is 0 Å². The largest absolute Gasteiger partial charge is 0.758 e. The molecular weight excluding hydrogens is 433 g/mol. The minimum absolute atomic E-state index is 0.0351. The van der Waals surface area contributed by atoms with Crippen LogP contribution in [0.4, 0.5) is 0 Å². The molecule has 3 unspecified atom stereocenters. The highest BCUT2D eigenvalue weighted by Gasteiger charge is 2.47. The van der Waals surface area contributed by atoms with E-state index in [4.69, 9.17) is 14.5 Å². The predicted molar refractivity (Wildman–Crippen MR) is 86.0 cm³/mol. The van der Waals surface area contributed by atoms with Crippen molar-refractivity contribution in [3.8, 4) is 0 Å². The van der Waals surface area contributed by atoms with E-state index in [1.807, 2.05) is 0 Å². The number of nitrogens with zero attached hydrogens (tertiary/aromatic N) is 1. The fraction of sp³-hybridized carbons (Fsp3) is 0.600. The summed E-state index contributed by atoms with van der Waals surface area (Å²) in [6.45, 7) is 0.965. The molecule has 0 aliphatic carbocycles. The molecule has 0 spiro atoms. The summed E-state index contributed by atoms with van der Waals surface area (Å²) >= 11 is 0. The van der Waals surface area contributed by atoms with Crippen LogP contribution in [-0.4, -0.2) is 43.3 Å². The van der Waals surface area contributed by atoms with Gasteiger partial charge in [0.05, 0.1) is 6.10 Å². The van der Waals surface area contributed by atoms with Crippen molar-refractivity contribution in [2.24, 2.45) is 0 Å². The molecule has 0 saturated carbocycles. The number of hydrogen-bond acceptors (Lipinski definition) is 10. The SMILES string of the molecule is Cc1cn([C@H]2CC(O)[C@@H](CO[P+](=O)O[P+](=O)OP(=O)(O)O)O2)c(=O)[nH]c1=O. The summed E-state index contributed by atoms with van der Waals surface area (Å²) in [6, 6.07) is 0. The summed E-state index contributed by atoms with van der Waals surface area (Å²) in [4.78, 5) is 42.1. The van der Waals surface area contributed by atoms with Gasteiger partial charge >= 0.3 is 30.0 Å². The van der Waals surface area contributed by atoms with Crippen LogP contribution >= 0.6 is 24.3 Å². The average molecular weight is 448 g/mol. The summed E-state index contributed by atoms with van der Waals surface area (Å²) in [5.74, 6) is 0. The maximum absolute atomic E-state index is 11.8. The molecule has 2 rings (SSSR count). The topological polar surface area (TPSA) is 204 Å². The number of H-pyrrole nitrogens is 1. The molecule has 1 aromatic rings. The normalized spacial score (nSPS) is 24.1. The van der Waals surface area contributed by atoms with Crippen LogP contribution in [0.3, 0.4) is 0 Å². The van der Waals surface area contributed by atoms with Crippen LogP contribution in [0, 0.1) is 6.92 Å². The zero-order valence-corrected chi connectivity index (χ0v) is 16.2. The number of hydrogen-bond donors (Lipinski definition) is 4. The zero-order chi connectivity index (χ0) is 20.4. The lowest BCUT2D eigenvalue weighted by atomic mass is 10.2. The molecule has 1 aromatic heterocycles. The zero-order valence-electron chi connectivity index (χ0n) is 13.5. The Labute approximate surface area is 152 Å². The quantitative estimate of drug-likeness (QED) is 0.387. The summed E-state index contributed by atoms with van der Waals surface area (Å²) < 4.78 is 51.9. The van der Waals surface area contributed by atoms with Gasteiger partial charge in [-0.3, -0.25) is 14.3 Å². The first-order chi connectivity index (χ1) is 12.5. The van der Waals surface area contributed by atoms with Gasteiger partial charge < -0.3 is 19.6 Å². The number of aromatic amines is 1. The molecular formula is C10H15N2O12P3+2. The van der Waals surface area contributed by atoms with E-state index in [-0.39, 0.29) is 12.0 Å². The molecule has 27 heavy (non-hydrogen) atoms. The number of phosphoric acid groups is 1. The van der Waals surface area contributed by atoms with Crippen LogP contribution in [0.5, 0.6) is 0 Å². The van der Waals surface area contributed by atoms with Crippen LogP contribution < -0.4 is 11.2 Å². The Morgan fingerprint density at radius 1 is 1.37 bits per heavy atom. The van der Waals surface area contributed by atoms with Gasteiger partial charge in [0, 0.05) is 27.3 Å². The third-order valence-electron chi connectivity index (χ3n) is 3.31. The fourth-order valence-corrected chi connectivity index (χ4v) is 4.13. The molecule has 14 nitrogen and oxygen atoms in total. The van der Waals surface area contributed by atoms with E-state index in [0.29, 0.717) is 0 Å². The van der Waals surface area contributed by atoms with E-state index in [9.17, 15) is 28.4 Å². The number of ether oxygens (including phenoxy) is 1. The lowest BCUT2D eigenvalue weighted by Gasteiger charge is -2.14. The Morgan fingerprint density at radius 2 is 2.04 bits per heavy atom. The molecule has 1 fully saturated rings. The first-order valence-corrected chi connectivity index (χ1v) is 10.8. The van der Waals surface area contributed by atoms with Gasteiger partial charge in [0.2, 0.25) is 0 Å². The Bertz CT molecular complexity index is 890. The van der Waals surface area contributed by atoms with Gasteiger partial charge in [-0.25, -0.2) is 9.36 Å². The highest BCUT2D eigenvalue weighted by atomic mass is 31.3. The van der Waals surface area contributed by atoms with E-state index in [1.165, 1.54) is 13.1 Å². The number of aliphatic hydroxyl groups is 1. The van der Waals surface area contributed by atoms with Crippen molar-refractivity contribution in [3.05, 3.63) is 32.6 Å². The van der Waals surface area contributed by atoms with Gasteiger partial charge in [-0.1, -0.05) is 0 Å². The second-order valence-corrected chi connectivity index (χ2v) is 8.75. The molecule has 1 aliphatic heterocycles. The highest BCUT2D eigenvalue weighted by Crippen LogP contribution is 2.52. The third-order valence-corrected chi connectivity index (χ3v) is 6.12. The molecule has 1 aliphatic rings. The summed E-state index contributed by atoms with van der Waals surface area (Å²) in [5, 5.41) is 9.97. The van der Waals surface area contributed by atoms with E-state index in [0.717, 1.165) is 4.57 Å². The second kappa shape index (κ2) is 8.89. The van der Waals surface area contributed by atoms with E-state index >= 15 is 0 Å². The van der Waals surface area contributed by atoms with Crippen LogP contribution in [0.15, 0.2) is 15.8 Å². The van der Waals surface area contributed by atoms with Crippen molar-refractivity contribution >= 4 is 24.3 Å². The summed E-state index contributed by atoms with van der Waals surface area (Å²) in [7, 11) is -11.6. The highest BCUT2D eigenvalue weighted by molar-refractivity contribution is 7.58.